The van der Waals surface area contributed by atoms with Crippen LogP contribution in [0.3, 0.4) is 0 Å². The van der Waals surface area contributed by atoms with E-state index >= 15 is 0 Å². The minimum Gasteiger partial charge on any atom is -0.383 e. The van der Waals surface area contributed by atoms with Crippen molar-refractivity contribution >= 4 is 11.6 Å². The molecule has 1 aromatic carbocycles. The summed E-state index contributed by atoms with van der Waals surface area (Å²) in [5, 5.41) is 2.44. The largest absolute Gasteiger partial charge is 0.383 e. The lowest BCUT2D eigenvalue weighted by molar-refractivity contribution is -0.118. The van der Waals surface area contributed by atoms with E-state index in [2.05, 4.69) is 5.32 Å². The van der Waals surface area contributed by atoms with Gasteiger partial charge in [0.25, 0.3) is 6.43 Å². The number of benzene rings is 1. The van der Waals surface area contributed by atoms with E-state index in [4.69, 9.17) is 10.5 Å². The van der Waals surface area contributed by atoms with Crippen LogP contribution in [0, 0.1) is 0 Å². The van der Waals surface area contributed by atoms with E-state index in [9.17, 15) is 13.6 Å². The number of nitrogens with one attached hydrogen (secondary N) is 1. The quantitative estimate of drug-likeness (QED) is 0.825. The van der Waals surface area contributed by atoms with Gasteiger partial charge >= 0.3 is 0 Å². The molecule has 1 rings (SSSR count). The van der Waals surface area contributed by atoms with E-state index in [0.29, 0.717) is 5.69 Å². The molecule has 0 saturated heterocycles. The third-order valence-corrected chi connectivity index (χ3v) is 2.09. The molecule has 94 valence electrons. The van der Waals surface area contributed by atoms with Crippen molar-refractivity contribution < 1.29 is 18.3 Å². The summed E-state index contributed by atoms with van der Waals surface area (Å²) in [5.41, 5.74) is 5.63. The second-order valence-electron chi connectivity index (χ2n) is 3.48. The van der Waals surface area contributed by atoms with Crippen LogP contribution in [0.1, 0.15) is 12.0 Å². The molecular formula is C11H14F2N2O2. The lowest BCUT2D eigenvalue weighted by Gasteiger charge is -2.11. The molecule has 1 amide bonds. The second kappa shape index (κ2) is 6.27. The Morgan fingerprint density at radius 1 is 1.53 bits per heavy atom. The van der Waals surface area contributed by atoms with E-state index in [1.807, 2.05) is 0 Å². The van der Waals surface area contributed by atoms with Gasteiger partial charge in [-0.05, 0) is 12.1 Å². The summed E-state index contributed by atoms with van der Waals surface area (Å²) < 4.78 is 29.5. The van der Waals surface area contributed by atoms with Gasteiger partial charge in [-0.2, -0.15) is 0 Å². The first-order valence-electron chi connectivity index (χ1n) is 4.98. The van der Waals surface area contributed by atoms with Crippen molar-refractivity contribution in [3.63, 3.8) is 0 Å². The number of amides is 1. The Morgan fingerprint density at radius 3 is 2.82 bits per heavy atom. The zero-order chi connectivity index (χ0) is 12.8. The first-order chi connectivity index (χ1) is 8.04. The van der Waals surface area contributed by atoms with Crippen molar-refractivity contribution in [1.82, 2.24) is 0 Å². The Hall–Kier alpha value is -1.53. The van der Waals surface area contributed by atoms with E-state index < -0.39 is 18.4 Å². The van der Waals surface area contributed by atoms with Gasteiger partial charge in [-0.15, -0.1) is 0 Å². The maximum absolute atomic E-state index is 12.4. The number of methoxy groups -OCH3 is 1. The van der Waals surface area contributed by atoms with Gasteiger partial charge < -0.3 is 15.8 Å². The van der Waals surface area contributed by atoms with E-state index in [-0.39, 0.29) is 12.2 Å². The van der Waals surface area contributed by atoms with Crippen LogP contribution < -0.4 is 11.1 Å². The molecule has 0 aliphatic carbocycles. The van der Waals surface area contributed by atoms with Crippen molar-refractivity contribution in [3.8, 4) is 0 Å². The van der Waals surface area contributed by atoms with Gasteiger partial charge in [0, 0.05) is 18.4 Å². The Bertz CT molecular complexity index is 385. The van der Waals surface area contributed by atoms with Crippen LogP contribution in [-0.2, 0) is 9.53 Å². The molecule has 1 atom stereocenters. The highest BCUT2D eigenvalue weighted by Gasteiger charge is 2.14. The summed E-state index contributed by atoms with van der Waals surface area (Å²) in [6.07, 6.45) is -2.57. The third kappa shape index (κ3) is 4.08. The topological polar surface area (TPSA) is 64.3 Å². The van der Waals surface area contributed by atoms with Gasteiger partial charge in [0.15, 0.2) is 0 Å². The fourth-order valence-electron chi connectivity index (χ4n) is 1.24. The Kier molecular flexibility index (Phi) is 4.99. The standard InChI is InChI=1S/C11H14F2N2O2/c1-17-6-9(14)11(16)15-8-4-2-3-7(5-8)10(12)13/h2-5,9-10H,6,14H2,1H3,(H,15,16). The van der Waals surface area contributed by atoms with Crippen molar-refractivity contribution in [2.24, 2.45) is 5.73 Å². The Labute approximate surface area is 97.8 Å². The second-order valence-corrected chi connectivity index (χ2v) is 3.48. The molecule has 0 aromatic heterocycles. The van der Waals surface area contributed by atoms with E-state index in [1.165, 1.54) is 31.4 Å². The molecular weight excluding hydrogens is 230 g/mol. The van der Waals surface area contributed by atoms with Gasteiger partial charge in [-0.25, -0.2) is 8.78 Å². The molecule has 0 spiro atoms. The van der Waals surface area contributed by atoms with Crippen LogP contribution in [0.15, 0.2) is 24.3 Å². The minimum atomic E-state index is -2.57. The molecule has 0 fully saturated rings. The van der Waals surface area contributed by atoms with Gasteiger partial charge in [0.05, 0.1) is 6.61 Å². The van der Waals surface area contributed by atoms with Crippen LogP contribution in [0.4, 0.5) is 14.5 Å². The summed E-state index contributed by atoms with van der Waals surface area (Å²) in [5.74, 6) is -0.474. The highest BCUT2D eigenvalue weighted by molar-refractivity contribution is 5.94. The number of alkyl halides is 2. The molecule has 0 radical (unpaired) electrons. The number of hydrogen-bond donors (Lipinski definition) is 2. The number of hydrogen-bond acceptors (Lipinski definition) is 3. The molecule has 1 unspecified atom stereocenters. The highest BCUT2D eigenvalue weighted by Crippen LogP contribution is 2.21. The fraction of sp³-hybridized carbons (Fsp3) is 0.364. The zero-order valence-electron chi connectivity index (χ0n) is 9.32. The van der Waals surface area contributed by atoms with E-state index in [0.717, 1.165) is 0 Å². The van der Waals surface area contributed by atoms with Crippen molar-refractivity contribution in [2.75, 3.05) is 19.0 Å². The molecule has 17 heavy (non-hydrogen) atoms. The summed E-state index contributed by atoms with van der Waals surface area (Å²) >= 11 is 0. The lowest BCUT2D eigenvalue weighted by Crippen LogP contribution is -2.39. The van der Waals surface area contributed by atoms with Crippen molar-refractivity contribution in [3.05, 3.63) is 29.8 Å². The summed E-state index contributed by atoms with van der Waals surface area (Å²) in [6.45, 7) is 0.0698. The third-order valence-electron chi connectivity index (χ3n) is 2.09. The molecule has 0 saturated carbocycles. The Balaban J connectivity index is 2.68. The number of halogens is 2. The van der Waals surface area contributed by atoms with Crippen LogP contribution >= 0.6 is 0 Å². The van der Waals surface area contributed by atoms with Crippen LogP contribution in [0.25, 0.3) is 0 Å². The maximum Gasteiger partial charge on any atom is 0.263 e. The number of rotatable bonds is 5. The molecule has 1 aromatic rings. The number of nitrogens with two attached hydrogens (primary N) is 1. The van der Waals surface area contributed by atoms with E-state index in [1.54, 1.807) is 0 Å². The zero-order valence-corrected chi connectivity index (χ0v) is 9.32. The molecule has 0 aliphatic rings. The monoisotopic (exact) mass is 244 g/mol. The predicted octanol–water partition coefficient (Wildman–Crippen LogP) is 1.54. The fourth-order valence-corrected chi connectivity index (χ4v) is 1.24. The predicted molar refractivity (Wildman–Crippen MR) is 59.9 cm³/mol. The first kappa shape index (κ1) is 13.5. The summed E-state index contributed by atoms with van der Waals surface area (Å²) in [6, 6.07) is 4.63. The smallest absolute Gasteiger partial charge is 0.263 e. The van der Waals surface area contributed by atoms with Crippen LogP contribution in [0.2, 0.25) is 0 Å². The van der Waals surface area contributed by atoms with Gasteiger partial charge in [0.1, 0.15) is 6.04 Å². The Morgan fingerprint density at radius 2 is 2.24 bits per heavy atom. The molecule has 3 N–H and O–H groups in total. The number of carbonyl (C=O) groups is 1. The molecule has 4 nitrogen and oxygen atoms in total. The first-order valence-corrected chi connectivity index (χ1v) is 4.98. The normalized spacial score (nSPS) is 12.5. The van der Waals surface area contributed by atoms with Gasteiger partial charge in [0.2, 0.25) is 5.91 Å². The molecule has 0 heterocycles. The van der Waals surface area contributed by atoms with Gasteiger partial charge in [-0.1, -0.05) is 12.1 Å². The molecule has 6 heteroatoms. The van der Waals surface area contributed by atoms with Gasteiger partial charge in [-0.3, -0.25) is 4.79 Å². The summed E-state index contributed by atoms with van der Waals surface area (Å²) in [7, 11) is 1.42. The van der Waals surface area contributed by atoms with Crippen LogP contribution in [0.5, 0.6) is 0 Å². The molecule has 0 aliphatic heterocycles. The SMILES string of the molecule is COCC(N)C(=O)Nc1cccc(C(F)F)c1. The number of anilines is 1. The minimum absolute atomic E-state index is 0.0698. The maximum atomic E-state index is 12.4. The average Bonchev–Trinajstić information content (AvgIpc) is 2.29. The summed E-state index contributed by atoms with van der Waals surface area (Å²) in [4.78, 5) is 11.5. The van der Waals surface area contributed by atoms with Crippen molar-refractivity contribution in [1.29, 1.82) is 0 Å². The van der Waals surface area contributed by atoms with Crippen LogP contribution in [-0.4, -0.2) is 25.7 Å². The lowest BCUT2D eigenvalue weighted by atomic mass is 10.2. The molecule has 0 bridgehead atoms. The number of carbonyl (C=O) groups excluding carboxylic acids is 1. The van der Waals surface area contributed by atoms with Crippen molar-refractivity contribution in [2.45, 2.75) is 12.5 Å². The highest BCUT2D eigenvalue weighted by atomic mass is 19.3. The number of ether oxygens (including phenoxy) is 1. The average molecular weight is 244 g/mol.